The molecule has 6 nitrogen and oxygen atoms in total. The Hall–Kier alpha value is -2.52. The molecule has 0 aliphatic carbocycles. The van der Waals surface area contributed by atoms with Gasteiger partial charge in [0.05, 0.1) is 13.2 Å². The van der Waals surface area contributed by atoms with Crippen molar-refractivity contribution < 1.29 is 36.6 Å². The Kier molecular flexibility index (Phi) is 7.09. The summed E-state index contributed by atoms with van der Waals surface area (Å²) in [6.07, 6.45) is -5.02. The second kappa shape index (κ2) is 9.11. The fourth-order valence-electron chi connectivity index (χ4n) is 2.93. The fourth-order valence-corrected chi connectivity index (χ4v) is 2.93. The first-order valence-electron chi connectivity index (χ1n) is 8.73. The van der Waals surface area contributed by atoms with E-state index in [1.54, 1.807) is 13.0 Å². The molecule has 28 heavy (non-hydrogen) atoms. The van der Waals surface area contributed by atoms with Gasteiger partial charge in [-0.05, 0) is 37.5 Å². The van der Waals surface area contributed by atoms with Crippen LogP contribution in [0.3, 0.4) is 0 Å². The standard InChI is InChI=1S/C18H22F4N2O4/c1-11(13-3-4-15(27-2)14(19)9-13)23-16(25)12-5-7-24(8-6-12)17(26)28-10-18(20,21)22/h3-4,9,11-12H,5-8,10H2,1-2H3,(H,23,25)/t11-/m0/s1. The van der Waals surface area contributed by atoms with Crippen molar-refractivity contribution in [1.29, 1.82) is 0 Å². The zero-order chi connectivity index (χ0) is 20.9. The molecular formula is C18H22F4N2O4. The van der Waals surface area contributed by atoms with Gasteiger partial charge in [-0.2, -0.15) is 13.2 Å². The van der Waals surface area contributed by atoms with Gasteiger partial charge in [0.2, 0.25) is 5.91 Å². The van der Waals surface area contributed by atoms with E-state index in [0.29, 0.717) is 18.4 Å². The second-order valence-corrected chi connectivity index (χ2v) is 6.56. The molecule has 1 fully saturated rings. The number of rotatable bonds is 5. The summed E-state index contributed by atoms with van der Waals surface area (Å²) in [5.41, 5.74) is 0.569. The minimum absolute atomic E-state index is 0.104. The highest BCUT2D eigenvalue weighted by Crippen LogP contribution is 2.24. The number of nitrogens with one attached hydrogen (secondary N) is 1. The molecule has 2 amide bonds. The molecule has 156 valence electrons. The van der Waals surface area contributed by atoms with Gasteiger partial charge in [-0.3, -0.25) is 4.79 Å². The Morgan fingerprint density at radius 1 is 1.29 bits per heavy atom. The highest BCUT2D eigenvalue weighted by molar-refractivity contribution is 5.79. The number of hydrogen-bond acceptors (Lipinski definition) is 4. The van der Waals surface area contributed by atoms with Gasteiger partial charge >= 0.3 is 12.3 Å². The number of ether oxygens (including phenoxy) is 2. The molecule has 0 aromatic heterocycles. The number of amides is 2. The van der Waals surface area contributed by atoms with Gasteiger partial charge in [-0.1, -0.05) is 6.07 Å². The summed E-state index contributed by atoms with van der Waals surface area (Å²) in [7, 11) is 1.36. The summed E-state index contributed by atoms with van der Waals surface area (Å²) in [4.78, 5) is 25.2. The zero-order valence-corrected chi connectivity index (χ0v) is 15.5. The number of halogens is 4. The number of hydrogen-bond donors (Lipinski definition) is 1. The van der Waals surface area contributed by atoms with Gasteiger partial charge in [0.1, 0.15) is 0 Å². The smallest absolute Gasteiger partial charge is 0.422 e. The van der Waals surface area contributed by atoms with Crippen molar-refractivity contribution in [3.63, 3.8) is 0 Å². The Morgan fingerprint density at radius 3 is 2.46 bits per heavy atom. The Balaban J connectivity index is 1.83. The average molecular weight is 406 g/mol. The quantitative estimate of drug-likeness (QED) is 0.761. The monoisotopic (exact) mass is 406 g/mol. The van der Waals surface area contributed by atoms with E-state index in [1.807, 2.05) is 0 Å². The topological polar surface area (TPSA) is 67.9 Å². The van der Waals surface area contributed by atoms with E-state index in [1.165, 1.54) is 19.2 Å². The maximum atomic E-state index is 13.8. The van der Waals surface area contributed by atoms with Gasteiger partial charge in [-0.15, -0.1) is 0 Å². The van der Waals surface area contributed by atoms with E-state index in [9.17, 15) is 27.2 Å². The van der Waals surface area contributed by atoms with Crippen molar-refractivity contribution in [3.8, 4) is 5.75 Å². The number of alkyl halides is 3. The lowest BCUT2D eigenvalue weighted by atomic mass is 9.95. The minimum Gasteiger partial charge on any atom is -0.494 e. The van der Waals surface area contributed by atoms with E-state index in [0.717, 1.165) is 4.90 Å². The summed E-state index contributed by atoms with van der Waals surface area (Å²) >= 11 is 0. The number of likely N-dealkylation sites (tertiary alicyclic amines) is 1. The molecule has 1 aliphatic rings. The lowest BCUT2D eigenvalue weighted by Crippen LogP contribution is -2.44. The predicted molar refractivity (Wildman–Crippen MR) is 91.2 cm³/mol. The van der Waals surface area contributed by atoms with Crippen molar-refractivity contribution >= 4 is 12.0 Å². The number of nitrogens with zero attached hydrogens (tertiary/aromatic N) is 1. The van der Waals surface area contributed by atoms with Crippen LogP contribution in [-0.2, 0) is 9.53 Å². The lowest BCUT2D eigenvalue weighted by Gasteiger charge is -2.31. The largest absolute Gasteiger partial charge is 0.494 e. The van der Waals surface area contributed by atoms with E-state index in [-0.39, 0.29) is 24.7 Å². The molecule has 0 spiro atoms. The van der Waals surface area contributed by atoms with E-state index in [4.69, 9.17) is 4.74 Å². The maximum absolute atomic E-state index is 13.8. The van der Waals surface area contributed by atoms with Crippen molar-refractivity contribution in [2.45, 2.75) is 32.0 Å². The van der Waals surface area contributed by atoms with Crippen LogP contribution in [0.1, 0.15) is 31.4 Å². The number of carbonyl (C=O) groups is 2. The van der Waals surface area contributed by atoms with Gasteiger partial charge in [0, 0.05) is 19.0 Å². The summed E-state index contributed by atoms with van der Waals surface area (Å²) in [6.45, 7) is 0.325. The number of methoxy groups -OCH3 is 1. The molecule has 10 heteroatoms. The molecule has 1 aromatic rings. The van der Waals surface area contributed by atoms with Gasteiger partial charge in [0.25, 0.3) is 0 Å². The summed E-state index contributed by atoms with van der Waals surface area (Å²) < 4.78 is 59.2. The normalized spacial score (nSPS) is 16.4. The first-order valence-corrected chi connectivity index (χ1v) is 8.73. The maximum Gasteiger partial charge on any atom is 0.422 e. The van der Waals surface area contributed by atoms with Crippen LogP contribution >= 0.6 is 0 Å². The summed E-state index contributed by atoms with van der Waals surface area (Å²) in [5, 5.41) is 2.79. The third-order valence-electron chi connectivity index (χ3n) is 4.52. The fraction of sp³-hybridized carbons (Fsp3) is 0.556. The van der Waals surface area contributed by atoms with Gasteiger partial charge in [0.15, 0.2) is 18.2 Å². The van der Waals surface area contributed by atoms with E-state index in [2.05, 4.69) is 10.1 Å². The van der Waals surface area contributed by atoms with Crippen molar-refractivity contribution in [3.05, 3.63) is 29.6 Å². The van der Waals surface area contributed by atoms with Crippen LogP contribution in [0, 0.1) is 11.7 Å². The number of carbonyl (C=O) groups excluding carboxylic acids is 2. The predicted octanol–water partition coefficient (Wildman–Crippen LogP) is 3.42. The Morgan fingerprint density at radius 2 is 1.93 bits per heavy atom. The molecule has 1 saturated heterocycles. The first kappa shape index (κ1) is 21.8. The van der Waals surface area contributed by atoms with Crippen molar-refractivity contribution in [1.82, 2.24) is 10.2 Å². The highest BCUT2D eigenvalue weighted by atomic mass is 19.4. The van der Waals surface area contributed by atoms with Crippen LogP contribution in [-0.4, -0.2) is 49.9 Å². The van der Waals surface area contributed by atoms with Crippen molar-refractivity contribution in [2.24, 2.45) is 5.92 Å². The Bertz CT molecular complexity index is 703. The van der Waals surface area contributed by atoms with Crippen LogP contribution in [0.4, 0.5) is 22.4 Å². The van der Waals surface area contributed by atoms with Gasteiger partial charge < -0.3 is 19.7 Å². The molecule has 0 radical (unpaired) electrons. The van der Waals surface area contributed by atoms with Crippen LogP contribution in [0.2, 0.25) is 0 Å². The third kappa shape index (κ3) is 6.00. The number of piperidine rings is 1. The summed E-state index contributed by atoms with van der Waals surface area (Å²) in [6, 6.07) is 3.95. The highest BCUT2D eigenvalue weighted by Gasteiger charge is 2.33. The number of benzene rings is 1. The van der Waals surface area contributed by atoms with Crippen LogP contribution in [0.25, 0.3) is 0 Å². The molecule has 1 heterocycles. The second-order valence-electron chi connectivity index (χ2n) is 6.56. The van der Waals surface area contributed by atoms with Crippen molar-refractivity contribution in [2.75, 3.05) is 26.8 Å². The minimum atomic E-state index is -4.58. The molecule has 0 unspecified atom stereocenters. The summed E-state index contributed by atoms with van der Waals surface area (Å²) in [5.74, 6) is -1.08. The molecule has 0 saturated carbocycles. The lowest BCUT2D eigenvalue weighted by molar-refractivity contribution is -0.162. The van der Waals surface area contributed by atoms with Gasteiger partial charge in [-0.25, -0.2) is 9.18 Å². The first-order chi connectivity index (χ1) is 13.1. The average Bonchev–Trinajstić information content (AvgIpc) is 2.65. The van der Waals surface area contributed by atoms with E-state index >= 15 is 0 Å². The molecule has 1 aromatic carbocycles. The molecule has 1 aliphatic heterocycles. The molecule has 2 rings (SSSR count). The van der Waals surface area contributed by atoms with E-state index < -0.39 is 36.7 Å². The SMILES string of the molecule is COc1ccc([C@H](C)NC(=O)C2CCN(C(=O)OCC(F)(F)F)CC2)cc1F. The molecule has 1 atom stereocenters. The Labute approximate surface area is 159 Å². The molecule has 0 bridgehead atoms. The van der Waals surface area contributed by atoms with Crippen LogP contribution < -0.4 is 10.1 Å². The third-order valence-corrected chi connectivity index (χ3v) is 4.52. The molecular weight excluding hydrogens is 384 g/mol. The zero-order valence-electron chi connectivity index (χ0n) is 15.5. The van der Waals surface area contributed by atoms with Crippen LogP contribution in [0.5, 0.6) is 5.75 Å². The van der Waals surface area contributed by atoms with Crippen LogP contribution in [0.15, 0.2) is 18.2 Å². The molecule has 1 N–H and O–H groups in total.